The normalized spacial score (nSPS) is 13.3. The van der Waals surface area contributed by atoms with Crippen LogP contribution in [0.15, 0.2) is 18.2 Å². The number of nitrogens with zero attached hydrogens (tertiary/aromatic N) is 1. The molecular formula is C14H15NO2. The van der Waals surface area contributed by atoms with Crippen molar-refractivity contribution in [1.82, 2.24) is 4.57 Å². The molecule has 17 heavy (non-hydrogen) atoms. The Bertz CT molecular complexity index is 610. The summed E-state index contributed by atoms with van der Waals surface area (Å²) in [5, 5.41) is 1.15. The molecule has 0 unspecified atom stereocenters. The lowest BCUT2D eigenvalue weighted by molar-refractivity contribution is 0.0514. The number of rotatable bonds is 2. The standard InChI is InChI=1S/C14H15NO2/c1-3-17-14(16)12-8-11-7-9(2)6-10-4-5-15(12)13(10)11/h6-8H,3-5H2,1-2H3. The number of aryl methyl sites for hydroxylation is 3. The SMILES string of the molecule is CCOC(=O)c1cc2cc(C)cc3c2n1CC3. The summed E-state index contributed by atoms with van der Waals surface area (Å²) in [5.74, 6) is -0.214. The molecule has 3 heteroatoms. The van der Waals surface area contributed by atoms with Crippen LogP contribution in [-0.2, 0) is 17.7 Å². The molecule has 88 valence electrons. The van der Waals surface area contributed by atoms with Gasteiger partial charge in [0.15, 0.2) is 0 Å². The van der Waals surface area contributed by atoms with Gasteiger partial charge in [-0.15, -0.1) is 0 Å². The minimum atomic E-state index is -0.214. The topological polar surface area (TPSA) is 31.2 Å². The van der Waals surface area contributed by atoms with Gasteiger partial charge in [-0.3, -0.25) is 0 Å². The number of carbonyl (C=O) groups excluding carboxylic acids is 1. The van der Waals surface area contributed by atoms with Crippen molar-refractivity contribution < 1.29 is 9.53 Å². The molecule has 3 rings (SSSR count). The zero-order valence-corrected chi connectivity index (χ0v) is 10.1. The largest absolute Gasteiger partial charge is 0.461 e. The fourth-order valence-electron chi connectivity index (χ4n) is 2.70. The molecule has 0 saturated carbocycles. The van der Waals surface area contributed by atoms with E-state index in [1.165, 1.54) is 16.6 Å². The maximum Gasteiger partial charge on any atom is 0.354 e. The number of hydrogen-bond acceptors (Lipinski definition) is 2. The average molecular weight is 229 g/mol. The molecule has 1 aromatic carbocycles. The van der Waals surface area contributed by atoms with Gasteiger partial charge in [-0.2, -0.15) is 0 Å². The first-order valence-corrected chi connectivity index (χ1v) is 6.00. The van der Waals surface area contributed by atoms with E-state index in [4.69, 9.17) is 4.74 Å². The number of hydrogen-bond donors (Lipinski definition) is 0. The number of benzene rings is 1. The summed E-state index contributed by atoms with van der Waals surface area (Å²) in [6.07, 6.45) is 1.01. The first-order valence-electron chi connectivity index (χ1n) is 6.00. The summed E-state index contributed by atoms with van der Waals surface area (Å²) >= 11 is 0. The molecule has 2 heterocycles. The van der Waals surface area contributed by atoms with Gasteiger partial charge in [-0.05, 0) is 38.0 Å². The monoisotopic (exact) mass is 229 g/mol. The minimum Gasteiger partial charge on any atom is -0.461 e. The number of aromatic nitrogens is 1. The van der Waals surface area contributed by atoms with Crippen LogP contribution < -0.4 is 0 Å². The second-order valence-electron chi connectivity index (χ2n) is 4.51. The van der Waals surface area contributed by atoms with Crippen LogP contribution in [0, 0.1) is 6.92 Å². The zero-order chi connectivity index (χ0) is 12.0. The Hall–Kier alpha value is -1.77. The van der Waals surface area contributed by atoms with Crippen LogP contribution in [0.4, 0.5) is 0 Å². The Morgan fingerprint density at radius 2 is 2.24 bits per heavy atom. The van der Waals surface area contributed by atoms with Crippen molar-refractivity contribution in [3.8, 4) is 0 Å². The van der Waals surface area contributed by atoms with Crippen LogP contribution in [-0.4, -0.2) is 17.1 Å². The predicted molar refractivity (Wildman–Crippen MR) is 66.3 cm³/mol. The summed E-state index contributed by atoms with van der Waals surface area (Å²) in [5.41, 5.74) is 4.49. The van der Waals surface area contributed by atoms with Crippen LogP contribution in [0.1, 0.15) is 28.5 Å². The smallest absolute Gasteiger partial charge is 0.354 e. The van der Waals surface area contributed by atoms with Crippen LogP contribution in [0.25, 0.3) is 10.9 Å². The van der Waals surface area contributed by atoms with E-state index in [1.54, 1.807) is 0 Å². The molecule has 0 aliphatic carbocycles. The van der Waals surface area contributed by atoms with E-state index < -0.39 is 0 Å². The van der Waals surface area contributed by atoms with Gasteiger partial charge in [0.1, 0.15) is 5.69 Å². The first kappa shape index (κ1) is 10.4. The average Bonchev–Trinajstić information content (AvgIpc) is 2.84. The molecule has 0 amide bonds. The Morgan fingerprint density at radius 1 is 1.41 bits per heavy atom. The van der Waals surface area contributed by atoms with Crippen molar-refractivity contribution in [3.05, 3.63) is 35.0 Å². The lowest BCUT2D eigenvalue weighted by atomic mass is 10.1. The van der Waals surface area contributed by atoms with E-state index in [0.717, 1.165) is 18.4 Å². The van der Waals surface area contributed by atoms with Crippen molar-refractivity contribution in [2.45, 2.75) is 26.8 Å². The fourth-order valence-corrected chi connectivity index (χ4v) is 2.70. The Kier molecular flexibility index (Phi) is 2.21. The third kappa shape index (κ3) is 1.46. The summed E-state index contributed by atoms with van der Waals surface area (Å²) in [6, 6.07) is 6.28. The van der Waals surface area contributed by atoms with Gasteiger partial charge >= 0.3 is 5.97 Å². The molecule has 1 aromatic heterocycles. The van der Waals surface area contributed by atoms with Gasteiger partial charge in [0.25, 0.3) is 0 Å². The summed E-state index contributed by atoms with van der Waals surface area (Å²) < 4.78 is 7.18. The lowest BCUT2D eigenvalue weighted by Gasteiger charge is -2.03. The van der Waals surface area contributed by atoms with E-state index in [9.17, 15) is 4.79 Å². The van der Waals surface area contributed by atoms with Gasteiger partial charge in [-0.25, -0.2) is 4.79 Å². The molecule has 0 atom stereocenters. The predicted octanol–water partition coefficient (Wildman–Crippen LogP) is 2.68. The molecule has 1 aliphatic rings. The highest BCUT2D eigenvalue weighted by Crippen LogP contribution is 2.31. The van der Waals surface area contributed by atoms with Gasteiger partial charge in [-0.1, -0.05) is 11.6 Å². The molecule has 1 aliphatic heterocycles. The van der Waals surface area contributed by atoms with E-state index >= 15 is 0 Å². The van der Waals surface area contributed by atoms with E-state index in [0.29, 0.717) is 12.3 Å². The van der Waals surface area contributed by atoms with Crippen LogP contribution in [0.3, 0.4) is 0 Å². The Balaban J connectivity index is 2.21. The van der Waals surface area contributed by atoms with Gasteiger partial charge in [0.2, 0.25) is 0 Å². The van der Waals surface area contributed by atoms with E-state index in [-0.39, 0.29) is 5.97 Å². The van der Waals surface area contributed by atoms with E-state index in [1.807, 2.05) is 13.0 Å². The van der Waals surface area contributed by atoms with Crippen molar-refractivity contribution in [2.75, 3.05) is 6.61 Å². The summed E-state index contributed by atoms with van der Waals surface area (Å²) in [6.45, 7) is 5.23. The van der Waals surface area contributed by atoms with Gasteiger partial charge in [0.05, 0.1) is 12.1 Å². The summed E-state index contributed by atoms with van der Waals surface area (Å²) in [4.78, 5) is 11.9. The molecule has 2 aromatic rings. The van der Waals surface area contributed by atoms with E-state index in [2.05, 4.69) is 23.6 Å². The minimum absolute atomic E-state index is 0.214. The third-order valence-electron chi connectivity index (χ3n) is 3.30. The molecule has 3 nitrogen and oxygen atoms in total. The molecule has 0 saturated heterocycles. The molecular weight excluding hydrogens is 214 g/mol. The second kappa shape index (κ2) is 3.62. The molecule has 0 N–H and O–H groups in total. The van der Waals surface area contributed by atoms with Crippen molar-refractivity contribution >= 4 is 16.9 Å². The van der Waals surface area contributed by atoms with Crippen LogP contribution in [0.2, 0.25) is 0 Å². The van der Waals surface area contributed by atoms with Gasteiger partial charge in [0, 0.05) is 11.9 Å². The van der Waals surface area contributed by atoms with Crippen molar-refractivity contribution in [3.63, 3.8) is 0 Å². The molecule has 0 bridgehead atoms. The Labute approximate surface area is 100.0 Å². The second-order valence-corrected chi connectivity index (χ2v) is 4.51. The Morgan fingerprint density at radius 3 is 3.00 bits per heavy atom. The fraction of sp³-hybridized carbons (Fsp3) is 0.357. The number of ether oxygens (including phenoxy) is 1. The quantitative estimate of drug-likeness (QED) is 0.741. The highest BCUT2D eigenvalue weighted by molar-refractivity contribution is 5.97. The maximum atomic E-state index is 11.9. The highest BCUT2D eigenvalue weighted by Gasteiger charge is 2.22. The maximum absolute atomic E-state index is 11.9. The third-order valence-corrected chi connectivity index (χ3v) is 3.30. The van der Waals surface area contributed by atoms with Gasteiger partial charge < -0.3 is 9.30 Å². The van der Waals surface area contributed by atoms with Crippen LogP contribution in [0.5, 0.6) is 0 Å². The number of esters is 1. The number of carbonyl (C=O) groups is 1. The highest BCUT2D eigenvalue weighted by atomic mass is 16.5. The summed E-state index contributed by atoms with van der Waals surface area (Å²) in [7, 11) is 0. The molecule has 0 radical (unpaired) electrons. The molecule has 0 spiro atoms. The van der Waals surface area contributed by atoms with Crippen molar-refractivity contribution in [1.29, 1.82) is 0 Å². The van der Waals surface area contributed by atoms with Crippen LogP contribution >= 0.6 is 0 Å². The zero-order valence-electron chi connectivity index (χ0n) is 10.1. The van der Waals surface area contributed by atoms with Crippen molar-refractivity contribution in [2.24, 2.45) is 0 Å². The molecule has 0 fully saturated rings. The first-order chi connectivity index (χ1) is 8.20. The lowest BCUT2D eigenvalue weighted by Crippen LogP contribution is -2.10.